The average Bonchev–Trinajstić information content (AvgIpc) is 3.37. The fourth-order valence-corrected chi connectivity index (χ4v) is 4.74. The van der Waals surface area contributed by atoms with Gasteiger partial charge in [-0.1, -0.05) is 28.1 Å². The van der Waals surface area contributed by atoms with E-state index >= 15 is 0 Å². The molecule has 0 saturated carbocycles. The quantitative estimate of drug-likeness (QED) is 0.638. The molecule has 0 bridgehead atoms. The molecule has 2 fully saturated rings. The second kappa shape index (κ2) is 9.42. The molecule has 2 unspecified atom stereocenters. The number of primary amides is 1. The van der Waals surface area contributed by atoms with E-state index in [2.05, 4.69) is 26.1 Å². The van der Waals surface area contributed by atoms with Crippen molar-refractivity contribution in [2.24, 2.45) is 11.7 Å². The highest BCUT2D eigenvalue weighted by Crippen LogP contribution is 2.29. The van der Waals surface area contributed by atoms with Crippen molar-refractivity contribution >= 4 is 45.0 Å². The Morgan fingerprint density at radius 1 is 1.22 bits per heavy atom. The molecule has 168 valence electrons. The summed E-state index contributed by atoms with van der Waals surface area (Å²) in [5.41, 5.74) is 9.06. The molecule has 4 rings (SSSR count). The third kappa shape index (κ3) is 4.86. The highest BCUT2D eigenvalue weighted by molar-refractivity contribution is 9.10. The predicted molar refractivity (Wildman–Crippen MR) is 127 cm³/mol. The summed E-state index contributed by atoms with van der Waals surface area (Å²) in [6.45, 7) is 3.77. The van der Waals surface area contributed by atoms with Gasteiger partial charge < -0.3 is 16.0 Å². The molecule has 2 saturated heterocycles. The van der Waals surface area contributed by atoms with Gasteiger partial charge in [0.05, 0.1) is 12.0 Å². The smallest absolute Gasteiger partial charge is 0.234 e. The lowest BCUT2D eigenvalue weighted by Gasteiger charge is -2.22. The highest BCUT2D eigenvalue weighted by Gasteiger charge is 2.35. The van der Waals surface area contributed by atoms with Gasteiger partial charge in [-0.3, -0.25) is 19.3 Å². The predicted octanol–water partition coefficient (Wildman–Crippen LogP) is 3.20. The molecule has 3 N–H and O–H groups in total. The van der Waals surface area contributed by atoms with Crippen LogP contribution in [0.3, 0.4) is 0 Å². The first-order valence-electron chi connectivity index (χ1n) is 10.8. The Labute approximate surface area is 196 Å². The van der Waals surface area contributed by atoms with Crippen LogP contribution in [-0.2, 0) is 20.9 Å². The zero-order chi connectivity index (χ0) is 22.8. The number of carbonyl (C=O) groups is 3. The standard InChI is InChI=1S/C24H27BrN4O3/c1-15-10-19(7-8-20(15)25)29-14-17(12-22(29)30)24(32)27-18-5-2-4-16(11-18)13-28-9-3-6-21(28)23(26)31/h2,4-5,7-8,10-11,17,21H,3,6,9,12-14H2,1H3,(H2,26,31)(H,27,32). The Hall–Kier alpha value is -2.71. The van der Waals surface area contributed by atoms with Crippen molar-refractivity contribution in [2.75, 3.05) is 23.3 Å². The van der Waals surface area contributed by atoms with E-state index in [1.54, 1.807) is 4.90 Å². The fourth-order valence-electron chi connectivity index (χ4n) is 4.49. The number of hydrogen-bond acceptors (Lipinski definition) is 4. The Morgan fingerprint density at radius 2 is 2.03 bits per heavy atom. The largest absolute Gasteiger partial charge is 0.368 e. The fraction of sp³-hybridized carbons (Fsp3) is 0.375. The summed E-state index contributed by atoms with van der Waals surface area (Å²) in [5.74, 6) is -0.911. The number of nitrogens with two attached hydrogens (primary N) is 1. The number of rotatable bonds is 6. The number of anilines is 2. The van der Waals surface area contributed by atoms with Crippen LogP contribution in [0.25, 0.3) is 0 Å². The molecule has 2 heterocycles. The van der Waals surface area contributed by atoms with Crippen LogP contribution < -0.4 is 16.0 Å². The maximum Gasteiger partial charge on any atom is 0.234 e. The zero-order valence-electron chi connectivity index (χ0n) is 18.0. The van der Waals surface area contributed by atoms with Gasteiger partial charge in [-0.25, -0.2) is 0 Å². The number of hydrogen-bond donors (Lipinski definition) is 2. The number of likely N-dealkylation sites (tertiary alicyclic amines) is 1. The molecule has 3 amide bonds. The molecule has 8 heteroatoms. The van der Waals surface area contributed by atoms with Gasteiger partial charge in [-0.15, -0.1) is 0 Å². The lowest BCUT2D eigenvalue weighted by Crippen LogP contribution is -2.39. The first kappa shape index (κ1) is 22.5. The van der Waals surface area contributed by atoms with Gasteiger partial charge in [0.15, 0.2) is 0 Å². The molecule has 2 atom stereocenters. The second-order valence-corrected chi connectivity index (χ2v) is 9.41. The van der Waals surface area contributed by atoms with Gasteiger partial charge in [0.2, 0.25) is 17.7 Å². The van der Waals surface area contributed by atoms with Crippen molar-refractivity contribution in [1.82, 2.24) is 4.90 Å². The lowest BCUT2D eigenvalue weighted by atomic mass is 10.1. The van der Waals surface area contributed by atoms with Crippen LogP contribution in [0.4, 0.5) is 11.4 Å². The van der Waals surface area contributed by atoms with Crippen LogP contribution >= 0.6 is 15.9 Å². The zero-order valence-corrected chi connectivity index (χ0v) is 19.6. The summed E-state index contributed by atoms with van der Waals surface area (Å²) in [6, 6.07) is 13.1. The summed E-state index contributed by atoms with van der Waals surface area (Å²) in [5, 5.41) is 2.96. The number of benzene rings is 2. The molecule has 0 aliphatic carbocycles. The summed E-state index contributed by atoms with van der Waals surface area (Å²) < 4.78 is 0.984. The normalized spacial score (nSPS) is 21.2. The monoisotopic (exact) mass is 498 g/mol. The topological polar surface area (TPSA) is 95.7 Å². The van der Waals surface area contributed by atoms with Crippen LogP contribution in [0.5, 0.6) is 0 Å². The van der Waals surface area contributed by atoms with Crippen LogP contribution in [0, 0.1) is 12.8 Å². The molecule has 7 nitrogen and oxygen atoms in total. The molecule has 0 radical (unpaired) electrons. The van der Waals surface area contributed by atoms with Crippen LogP contribution in [0.15, 0.2) is 46.9 Å². The SMILES string of the molecule is Cc1cc(N2CC(C(=O)Nc3cccc(CN4CCCC4C(N)=O)c3)CC2=O)ccc1Br. The van der Waals surface area contributed by atoms with Gasteiger partial charge in [-0.05, 0) is 67.8 Å². The van der Waals surface area contributed by atoms with E-state index in [-0.39, 0.29) is 30.2 Å². The first-order valence-corrected chi connectivity index (χ1v) is 11.6. The van der Waals surface area contributed by atoms with E-state index < -0.39 is 5.92 Å². The average molecular weight is 499 g/mol. The van der Waals surface area contributed by atoms with Crippen molar-refractivity contribution in [3.05, 3.63) is 58.1 Å². The minimum Gasteiger partial charge on any atom is -0.368 e. The van der Waals surface area contributed by atoms with Gasteiger partial charge in [0.1, 0.15) is 0 Å². The molecule has 0 aromatic heterocycles. The van der Waals surface area contributed by atoms with Gasteiger partial charge >= 0.3 is 0 Å². The van der Waals surface area contributed by atoms with Crippen molar-refractivity contribution in [3.63, 3.8) is 0 Å². The highest BCUT2D eigenvalue weighted by atomic mass is 79.9. The van der Waals surface area contributed by atoms with Crippen LogP contribution in [0.2, 0.25) is 0 Å². The molecule has 2 aliphatic rings. The maximum absolute atomic E-state index is 12.9. The number of aryl methyl sites for hydroxylation is 1. The first-order chi connectivity index (χ1) is 15.3. The van der Waals surface area contributed by atoms with Crippen molar-refractivity contribution in [2.45, 2.75) is 38.8 Å². The Kier molecular flexibility index (Phi) is 6.62. The number of nitrogens with zero attached hydrogens (tertiary/aromatic N) is 2. The molecule has 0 spiro atoms. The van der Waals surface area contributed by atoms with E-state index in [9.17, 15) is 14.4 Å². The van der Waals surface area contributed by atoms with Crippen LogP contribution in [0.1, 0.15) is 30.4 Å². The minimum atomic E-state index is -0.409. The van der Waals surface area contributed by atoms with Gasteiger partial charge in [0.25, 0.3) is 0 Å². The third-order valence-corrected chi connectivity index (χ3v) is 7.11. The summed E-state index contributed by atoms with van der Waals surface area (Å²) in [6.07, 6.45) is 1.93. The Balaban J connectivity index is 1.40. The number of carbonyl (C=O) groups excluding carboxylic acids is 3. The van der Waals surface area contributed by atoms with Crippen molar-refractivity contribution in [1.29, 1.82) is 0 Å². The minimum absolute atomic E-state index is 0.0489. The van der Waals surface area contributed by atoms with E-state index in [0.717, 1.165) is 40.7 Å². The number of nitrogens with one attached hydrogen (secondary N) is 1. The Bertz CT molecular complexity index is 1060. The van der Waals surface area contributed by atoms with E-state index in [0.29, 0.717) is 18.8 Å². The summed E-state index contributed by atoms with van der Waals surface area (Å²) in [7, 11) is 0. The lowest BCUT2D eigenvalue weighted by molar-refractivity contribution is -0.122. The summed E-state index contributed by atoms with van der Waals surface area (Å²) in [4.78, 5) is 40.8. The molecule has 2 aromatic rings. The van der Waals surface area contributed by atoms with Crippen molar-refractivity contribution in [3.8, 4) is 0 Å². The van der Waals surface area contributed by atoms with Gasteiger partial charge in [0, 0.05) is 35.4 Å². The maximum atomic E-state index is 12.9. The molecule has 2 aromatic carbocycles. The molecular weight excluding hydrogens is 472 g/mol. The van der Waals surface area contributed by atoms with Crippen LogP contribution in [-0.4, -0.2) is 41.8 Å². The number of amides is 3. The number of halogens is 1. The van der Waals surface area contributed by atoms with Crippen molar-refractivity contribution < 1.29 is 14.4 Å². The van der Waals surface area contributed by atoms with Gasteiger partial charge in [-0.2, -0.15) is 0 Å². The molecule has 32 heavy (non-hydrogen) atoms. The molecule has 2 aliphatic heterocycles. The van der Waals surface area contributed by atoms with E-state index in [1.165, 1.54) is 0 Å². The molecular formula is C24H27BrN4O3. The van der Waals surface area contributed by atoms with E-state index in [1.807, 2.05) is 49.4 Å². The second-order valence-electron chi connectivity index (χ2n) is 8.56. The third-order valence-electron chi connectivity index (χ3n) is 6.22. The summed E-state index contributed by atoms with van der Waals surface area (Å²) >= 11 is 3.48. The van der Waals surface area contributed by atoms with E-state index in [4.69, 9.17) is 5.73 Å². The Morgan fingerprint density at radius 3 is 2.78 bits per heavy atom.